The zero-order valence-corrected chi connectivity index (χ0v) is 12.3. The highest BCUT2D eigenvalue weighted by Crippen LogP contribution is 2.15. The molecule has 0 saturated carbocycles. The molecule has 0 bridgehead atoms. The topological polar surface area (TPSA) is 41.1 Å². The van der Waals surface area contributed by atoms with Crippen molar-refractivity contribution >= 4 is 11.8 Å². The van der Waals surface area contributed by atoms with E-state index in [1.807, 2.05) is 13.0 Å². The average molecular weight is 250 g/mol. The molecule has 0 aliphatic heterocycles. The van der Waals surface area contributed by atoms with Gasteiger partial charge < -0.3 is 10.2 Å². The molecule has 4 nitrogen and oxygen atoms in total. The zero-order valence-electron chi connectivity index (χ0n) is 12.3. The van der Waals surface area contributed by atoms with Crippen molar-refractivity contribution in [2.45, 2.75) is 53.0 Å². The molecule has 1 aromatic rings. The highest BCUT2D eigenvalue weighted by atomic mass is 15.2. The molecule has 0 aromatic carbocycles. The molecule has 1 heterocycles. The van der Waals surface area contributed by atoms with E-state index in [4.69, 9.17) is 0 Å². The van der Waals surface area contributed by atoms with E-state index >= 15 is 0 Å². The van der Waals surface area contributed by atoms with E-state index in [1.54, 1.807) is 0 Å². The van der Waals surface area contributed by atoms with Gasteiger partial charge in [-0.1, -0.05) is 20.3 Å². The number of unbranched alkanes of at least 4 members (excludes halogenated alkanes) is 1. The lowest BCUT2D eigenvalue weighted by atomic mass is 10.3. The van der Waals surface area contributed by atoms with Crippen LogP contribution in [0, 0.1) is 6.92 Å². The van der Waals surface area contributed by atoms with Gasteiger partial charge in [-0.25, -0.2) is 4.98 Å². The van der Waals surface area contributed by atoms with Crippen molar-refractivity contribution in [1.29, 1.82) is 0 Å². The van der Waals surface area contributed by atoms with Crippen LogP contribution in [0.3, 0.4) is 0 Å². The maximum Gasteiger partial charge on any atom is 0.225 e. The Hall–Kier alpha value is -1.32. The molecule has 0 fully saturated rings. The molecule has 1 unspecified atom stereocenters. The summed E-state index contributed by atoms with van der Waals surface area (Å²) in [6, 6.07) is 2.44. The van der Waals surface area contributed by atoms with E-state index < -0.39 is 0 Å². The predicted octanol–water partition coefficient (Wildman–Crippen LogP) is 3.23. The van der Waals surface area contributed by atoms with Crippen molar-refractivity contribution in [2.75, 3.05) is 23.8 Å². The first-order chi connectivity index (χ1) is 8.56. The molecule has 0 aliphatic carbocycles. The molecular weight excluding hydrogens is 224 g/mol. The summed E-state index contributed by atoms with van der Waals surface area (Å²) < 4.78 is 0. The van der Waals surface area contributed by atoms with Gasteiger partial charge in [-0.05, 0) is 26.7 Å². The first kappa shape index (κ1) is 14.7. The summed E-state index contributed by atoms with van der Waals surface area (Å²) in [6.45, 7) is 9.55. The second-order valence-electron chi connectivity index (χ2n) is 4.92. The van der Waals surface area contributed by atoms with Crippen molar-refractivity contribution < 1.29 is 0 Å². The highest BCUT2D eigenvalue weighted by Gasteiger charge is 2.08. The average Bonchev–Trinajstić information content (AvgIpc) is 2.34. The van der Waals surface area contributed by atoms with Crippen LogP contribution >= 0.6 is 0 Å². The van der Waals surface area contributed by atoms with Gasteiger partial charge in [-0.15, -0.1) is 0 Å². The van der Waals surface area contributed by atoms with E-state index in [0.717, 1.165) is 30.4 Å². The van der Waals surface area contributed by atoms with Gasteiger partial charge in [0.05, 0.1) is 0 Å². The summed E-state index contributed by atoms with van der Waals surface area (Å²) in [4.78, 5) is 11.2. The van der Waals surface area contributed by atoms with E-state index in [0.29, 0.717) is 6.04 Å². The summed E-state index contributed by atoms with van der Waals surface area (Å²) in [5.74, 6) is 1.74. The number of hydrogen-bond donors (Lipinski definition) is 1. The quantitative estimate of drug-likeness (QED) is 0.806. The second kappa shape index (κ2) is 7.19. The van der Waals surface area contributed by atoms with E-state index in [9.17, 15) is 0 Å². The van der Waals surface area contributed by atoms with Crippen molar-refractivity contribution in [3.63, 3.8) is 0 Å². The Labute approximate surface area is 111 Å². The molecule has 0 spiro atoms. The van der Waals surface area contributed by atoms with Gasteiger partial charge in [-0.2, -0.15) is 4.98 Å². The highest BCUT2D eigenvalue weighted by molar-refractivity contribution is 5.44. The van der Waals surface area contributed by atoms with Gasteiger partial charge in [0.1, 0.15) is 5.82 Å². The molecule has 0 amide bonds. The Morgan fingerprint density at radius 3 is 2.67 bits per heavy atom. The van der Waals surface area contributed by atoms with Crippen LogP contribution in [0.15, 0.2) is 6.07 Å². The fraction of sp³-hybridized carbons (Fsp3) is 0.714. The van der Waals surface area contributed by atoms with Crippen LogP contribution in [-0.2, 0) is 0 Å². The second-order valence-corrected chi connectivity index (χ2v) is 4.92. The lowest BCUT2D eigenvalue weighted by molar-refractivity contribution is 0.742. The van der Waals surface area contributed by atoms with Crippen molar-refractivity contribution in [1.82, 2.24) is 9.97 Å². The molecule has 1 atom stereocenters. The Morgan fingerprint density at radius 2 is 2.06 bits per heavy atom. The molecule has 0 aliphatic rings. The standard InChI is InChI=1S/C14H26N4/c1-6-8-9-18(5)13-10-12(4)16-14(17-13)15-11(3)7-2/h10-11H,6-9H2,1-5H3,(H,15,16,17). The van der Waals surface area contributed by atoms with Gasteiger partial charge in [0.15, 0.2) is 0 Å². The Morgan fingerprint density at radius 1 is 1.33 bits per heavy atom. The van der Waals surface area contributed by atoms with E-state index in [2.05, 4.69) is 48.0 Å². The van der Waals surface area contributed by atoms with Crippen LogP contribution in [0.25, 0.3) is 0 Å². The molecule has 18 heavy (non-hydrogen) atoms. The lowest BCUT2D eigenvalue weighted by Crippen LogP contribution is -2.22. The SMILES string of the molecule is CCCCN(C)c1cc(C)nc(NC(C)CC)n1. The van der Waals surface area contributed by atoms with Gasteiger partial charge in [0.25, 0.3) is 0 Å². The maximum atomic E-state index is 4.58. The van der Waals surface area contributed by atoms with Gasteiger partial charge in [-0.3, -0.25) is 0 Å². The first-order valence-corrected chi connectivity index (χ1v) is 6.90. The number of aryl methyl sites for hydroxylation is 1. The van der Waals surface area contributed by atoms with Crippen LogP contribution in [0.5, 0.6) is 0 Å². The molecule has 1 rings (SSSR count). The number of rotatable bonds is 7. The third kappa shape index (κ3) is 4.51. The van der Waals surface area contributed by atoms with Crippen LogP contribution in [0.1, 0.15) is 45.7 Å². The van der Waals surface area contributed by atoms with Crippen LogP contribution in [-0.4, -0.2) is 29.6 Å². The number of nitrogens with one attached hydrogen (secondary N) is 1. The normalized spacial score (nSPS) is 12.3. The molecule has 1 aromatic heterocycles. The molecule has 4 heteroatoms. The summed E-state index contributed by atoms with van der Waals surface area (Å²) in [5, 5.41) is 3.33. The number of aromatic nitrogens is 2. The Bertz CT molecular complexity index is 365. The fourth-order valence-electron chi connectivity index (χ4n) is 1.64. The minimum atomic E-state index is 0.403. The first-order valence-electron chi connectivity index (χ1n) is 6.90. The van der Waals surface area contributed by atoms with Crippen LogP contribution < -0.4 is 10.2 Å². The van der Waals surface area contributed by atoms with Crippen molar-refractivity contribution in [2.24, 2.45) is 0 Å². The number of hydrogen-bond acceptors (Lipinski definition) is 4. The molecular formula is C14H26N4. The van der Waals surface area contributed by atoms with Gasteiger partial charge in [0, 0.05) is 31.4 Å². The Balaban J connectivity index is 2.79. The number of nitrogens with zero attached hydrogens (tertiary/aromatic N) is 3. The summed E-state index contributed by atoms with van der Waals surface area (Å²) in [5.41, 5.74) is 1.01. The van der Waals surface area contributed by atoms with E-state index in [-0.39, 0.29) is 0 Å². The molecule has 0 saturated heterocycles. The third-order valence-electron chi connectivity index (χ3n) is 3.07. The monoisotopic (exact) mass is 250 g/mol. The molecule has 0 radical (unpaired) electrons. The fourth-order valence-corrected chi connectivity index (χ4v) is 1.64. The summed E-state index contributed by atoms with van der Waals surface area (Å²) in [7, 11) is 2.09. The largest absolute Gasteiger partial charge is 0.360 e. The summed E-state index contributed by atoms with van der Waals surface area (Å²) in [6.07, 6.45) is 3.46. The van der Waals surface area contributed by atoms with Crippen molar-refractivity contribution in [3.8, 4) is 0 Å². The maximum absolute atomic E-state index is 4.58. The van der Waals surface area contributed by atoms with Gasteiger partial charge >= 0.3 is 0 Å². The van der Waals surface area contributed by atoms with Gasteiger partial charge in [0.2, 0.25) is 5.95 Å². The van der Waals surface area contributed by atoms with Crippen molar-refractivity contribution in [3.05, 3.63) is 11.8 Å². The van der Waals surface area contributed by atoms with Crippen LogP contribution in [0.2, 0.25) is 0 Å². The lowest BCUT2D eigenvalue weighted by Gasteiger charge is -2.20. The Kier molecular flexibility index (Phi) is 5.89. The summed E-state index contributed by atoms with van der Waals surface area (Å²) >= 11 is 0. The third-order valence-corrected chi connectivity index (χ3v) is 3.07. The van der Waals surface area contributed by atoms with E-state index in [1.165, 1.54) is 12.8 Å². The minimum Gasteiger partial charge on any atom is -0.360 e. The number of anilines is 2. The minimum absolute atomic E-state index is 0.403. The molecule has 102 valence electrons. The molecule has 1 N–H and O–H groups in total. The predicted molar refractivity (Wildman–Crippen MR) is 78.3 cm³/mol. The van der Waals surface area contributed by atoms with Crippen LogP contribution in [0.4, 0.5) is 11.8 Å². The zero-order chi connectivity index (χ0) is 13.5. The smallest absolute Gasteiger partial charge is 0.225 e.